The highest BCUT2D eigenvalue weighted by Gasteiger charge is 2.26. The van der Waals surface area contributed by atoms with Crippen molar-refractivity contribution in [2.45, 2.75) is 12.8 Å². The van der Waals surface area contributed by atoms with Crippen LogP contribution in [0.4, 0.5) is 0 Å². The van der Waals surface area contributed by atoms with Crippen LogP contribution in [0.5, 0.6) is 0 Å². The van der Waals surface area contributed by atoms with Crippen LogP contribution in [0.3, 0.4) is 0 Å². The average molecular weight is 150 g/mol. The molecule has 11 heavy (non-hydrogen) atoms. The van der Waals surface area contributed by atoms with Gasteiger partial charge in [0.15, 0.2) is 0 Å². The number of carbonyl (C=O) groups excluding carboxylic acids is 1. The number of allylic oxidation sites excluding steroid dienone is 2. The normalized spacial score (nSPS) is 29.4. The van der Waals surface area contributed by atoms with Gasteiger partial charge < -0.3 is 5.73 Å². The first-order valence-electron chi connectivity index (χ1n) is 3.59. The zero-order valence-corrected chi connectivity index (χ0v) is 6.16. The summed E-state index contributed by atoms with van der Waals surface area (Å²) in [5, 5.41) is 8.62. The van der Waals surface area contributed by atoms with Gasteiger partial charge in [0.2, 0.25) is 5.91 Å². The highest BCUT2D eigenvalue weighted by Crippen LogP contribution is 2.24. The minimum Gasteiger partial charge on any atom is -0.369 e. The van der Waals surface area contributed by atoms with Gasteiger partial charge >= 0.3 is 0 Å². The molecule has 1 rings (SSSR count). The number of amides is 1. The zero-order valence-electron chi connectivity index (χ0n) is 6.16. The Hall–Kier alpha value is -1.30. The van der Waals surface area contributed by atoms with Gasteiger partial charge in [0, 0.05) is 0 Å². The number of nitrogens with two attached hydrogens (primary N) is 1. The number of nitrogens with zero attached hydrogens (tertiary/aromatic N) is 1. The second-order valence-corrected chi connectivity index (χ2v) is 2.69. The summed E-state index contributed by atoms with van der Waals surface area (Å²) in [6, 6.07) is 2.08. The maximum atomic E-state index is 10.8. The summed E-state index contributed by atoms with van der Waals surface area (Å²) in [4.78, 5) is 10.8. The lowest BCUT2D eigenvalue weighted by molar-refractivity contribution is -0.122. The Morgan fingerprint density at radius 3 is 2.64 bits per heavy atom. The molecule has 2 atom stereocenters. The summed E-state index contributed by atoms with van der Waals surface area (Å²) in [5.41, 5.74) is 5.11. The number of rotatable bonds is 1. The lowest BCUT2D eigenvalue weighted by atomic mass is 9.84. The molecule has 0 heterocycles. The van der Waals surface area contributed by atoms with E-state index in [1.54, 1.807) is 0 Å². The Morgan fingerprint density at radius 2 is 2.18 bits per heavy atom. The van der Waals surface area contributed by atoms with E-state index in [9.17, 15) is 4.79 Å². The highest BCUT2D eigenvalue weighted by atomic mass is 16.1. The van der Waals surface area contributed by atoms with Crippen molar-refractivity contribution in [2.24, 2.45) is 17.6 Å². The van der Waals surface area contributed by atoms with Gasteiger partial charge in [-0.3, -0.25) is 4.79 Å². The maximum Gasteiger partial charge on any atom is 0.222 e. The third-order valence-electron chi connectivity index (χ3n) is 1.96. The minimum absolute atomic E-state index is 0.211. The van der Waals surface area contributed by atoms with Crippen LogP contribution in [0.15, 0.2) is 12.2 Å². The summed E-state index contributed by atoms with van der Waals surface area (Å²) in [6.07, 6.45) is 5.11. The SMILES string of the molecule is N#C[C@@H]1CC=CC[C@@H]1C(N)=O. The van der Waals surface area contributed by atoms with Crippen LogP contribution in [0.25, 0.3) is 0 Å². The van der Waals surface area contributed by atoms with Crippen LogP contribution >= 0.6 is 0 Å². The Labute approximate surface area is 65.5 Å². The van der Waals surface area contributed by atoms with Crippen molar-refractivity contribution < 1.29 is 4.79 Å². The van der Waals surface area contributed by atoms with E-state index in [0.717, 1.165) is 0 Å². The zero-order chi connectivity index (χ0) is 8.27. The Morgan fingerprint density at radius 1 is 1.55 bits per heavy atom. The first kappa shape index (κ1) is 7.80. The van der Waals surface area contributed by atoms with Gasteiger partial charge in [0.25, 0.3) is 0 Å². The van der Waals surface area contributed by atoms with Crippen LogP contribution in [0.1, 0.15) is 12.8 Å². The number of hydrogen-bond donors (Lipinski definition) is 1. The molecule has 0 saturated heterocycles. The van der Waals surface area contributed by atoms with E-state index >= 15 is 0 Å². The van der Waals surface area contributed by atoms with Gasteiger partial charge in [-0.15, -0.1) is 0 Å². The molecule has 0 unspecified atom stereocenters. The molecule has 3 heteroatoms. The molecule has 0 bridgehead atoms. The molecule has 0 aliphatic heterocycles. The average Bonchev–Trinajstić information content (AvgIpc) is 2.04. The number of carbonyl (C=O) groups is 1. The molecule has 0 spiro atoms. The molecule has 1 amide bonds. The van der Waals surface area contributed by atoms with Crippen LogP contribution in [0.2, 0.25) is 0 Å². The molecule has 0 aromatic heterocycles. The van der Waals surface area contributed by atoms with Crippen LogP contribution in [-0.2, 0) is 4.79 Å². The van der Waals surface area contributed by atoms with Crippen molar-refractivity contribution in [1.29, 1.82) is 5.26 Å². The Kier molecular flexibility index (Phi) is 2.27. The third-order valence-corrected chi connectivity index (χ3v) is 1.96. The first-order valence-corrected chi connectivity index (χ1v) is 3.59. The highest BCUT2D eigenvalue weighted by molar-refractivity contribution is 5.77. The molecule has 0 saturated carbocycles. The van der Waals surface area contributed by atoms with E-state index in [1.165, 1.54) is 0 Å². The summed E-state index contributed by atoms with van der Waals surface area (Å²) in [6.45, 7) is 0. The van der Waals surface area contributed by atoms with Crippen molar-refractivity contribution in [3.05, 3.63) is 12.2 Å². The minimum atomic E-state index is -0.360. The number of hydrogen-bond acceptors (Lipinski definition) is 2. The lowest BCUT2D eigenvalue weighted by Crippen LogP contribution is -2.30. The predicted molar refractivity (Wildman–Crippen MR) is 40.2 cm³/mol. The van der Waals surface area contributed by atoms with Gasteiger partial charge in [0.05, 0.1) is 17.9 Å². The second kappa shape index (κ2) is 3.20. The number of primary amides is 1. The lowest BCUT2D eigenvalue weighted by Gasteiger charge is -2.19. The topological polar surface area (TPSA) is 66.9 Å². The molecule has 1 aliphatic rings. The molecule has 2 N–H and O–H groups in total. The molecule has 58 valence electrons. The second-order valence-electron chi connectivity index (χ2n) is 2.69. The van der Waals surface area contributed by atoms with E-state index in [1.807, 2.05) is 12.2 Å². The summed E-state index contributed by atoms with van der Waals surface area (Å²) >= 11 is 0. The molecule has 1 aliphatic carbocycles. The first-order chi connectivity index (χ1) is 5.25. The van der Waals surface area contributed by atoms with Gasteiger partial charge in [0.1, 0.15) is 0 Å². The van der Waals surface area contributed by atoms with Crippen molar-refractivity contribution in [2.75, 3.05) is 0 Å². The molecule has 0 aromatic rings. The van der Waals surface area contributed by atoms with Gasteiger partial charge in [-0.1, -0.05) is 12.2 Å². The van der Waals surface area contributed by atoms with E-state index in [2.05, 4.69) is 6.07 Å². The fraction of sp³-hybridized carbons (Fsp3) is 0.500. The third kappa shape index (κ3) is 1.58. The summed E-state index contributed by atoms with van der Waals surface area (Å²) in [5.74, 6) is -0.844. The van der Waals surface area contributed by atoms with Gasteiger partial charge in [-0.2, -0.15) is 5.26 Å². The summed E-state index contributed by atoms with van der Waals surface area (Å²) in [7, 11) is 0. The van der Waals surface area contributed by atoms with Crippen molar-refractivity contribution in [1.82, 2.24) is 0 Å². The Balaban J connectivity index is 2.71. The van der Waals surface area contributed by atoms with E-state index in [4.69, 9.17) is 11.0 Å². The number of nitriles is 1. The standard InChI is InChI=1S/C8H10N2O/c9-5-6-3-1-2-4-7(6)8(10)11/h1-2,6-7H,3-4H2,(H2,10,11)/t6-,7-/m0/s1. The summed E-state index contributed by atoms with van der Waals surface area (Å²) < 4.78 is 0. The molecular weight excluding hydrogens is 140 g/mol. The van der Waals surface area contributed by atoms with Gasteiger partial charge in [-0.25, -0.2) is 0 Å². The molecule has 0 aromatic carbocycles. The van der Waals surface area contributed by atoms with E-state index in [-0.39, 0.29) is 17.7 Å². The van der Waals surface area contributed by atoms with Gasteiger partial charge in [-0.05, 0) is 12.8 Å². The van der Waals surface area contributed by atoms with E-state index in [0.29, 0.717) is 12.8 Å². The smallest absolute Gasteiger partial charge is 0.222 e. The van der Waals surface area contributed by atoms with Crippen molar-refractivity contribution >= 4 is 5.91 Å². The Bertz CT molecular complexity index is 227. The van der Waals surface area contributed by atoms with Crippen molar-refractivity contribution in [3.63, 3.8) is 0 Å². The monoisotopic (exact) mass is 150 g/mol. The van der Waals surface area contributed by atoms with E-state index < -0.39 is 0 Å². The molecule has 3 nitrogen and oxygen atoms in total. The fourth-order valence-electron chi connectivity index (χ4n) is 1.27. The fourth-order valence-corrected chi connectivity index (χ4v) is 1.27. The maximum absolute atomic E-state index is 10.8. The van der Waals surface area contributed by atoms with Crippen LogP contribution < -0.4 is 5.73 Å². The quantitative estimate of drug-likeness (QED) is 0.555. The van der Waals surface area contributed by atoms with Crippen LogP contribution in [0, 0.1) is 23.2 Å². The predicted octanol–water partition coefficient (Wildman–Crippen LogP) is 0.578. The molecule has 0 radical (unpaired) electrons. The largest absolute Gasteiger partial charge is 0.369 e. The van der Waals surface area contributed by atoms with Crippen LogP contribution in [-0.4, -0.2) is 5.91 Å². The van der Waals surface area contributed by atoms with Crippen molar-refractivity contribution in [3.8, 4) is 6.07 Å². The molecule has 0 fully saturated rings. The molecular formula is C8H10N2O.